The van der Waals surface area contributed by atoms with Gasteiger partial charge < -0.3 is 10.6 Å². The molecule has 0 spiro atoms. The molecule has 0 aliphatic carbocycles. The van der Waals surface area contributed by atoms with E-state index in [2.05, 4.69) is 9.88 Å². The van der Waals surface area contributed by atoms with Gasteiger partial charge in [0.25, 0.3) is 5.56 Å². The highest BCUT2D eigenvalue weighted by Gasteiger charge is 2.35. The van der Waals surface area contributed by atoms with Crippen LogP contribution in [0.4, 0.5) is 23.2 Å². The van der Waals surface area contributed by atoms with Crippen molar-refractivity contribution in [3.05, 3.63) is 127 Å². The normalized spacial score (nSPS) is 15.0. The molecule has 12 heteroatoms. The highest BCUT2D eigenvalue weighted by molar-refractivity contribution is 5.50. The lowest BCUT2D eigenvalue weighted by Gasteiger charge is -2.37. The molecule has 0 bridgehead atoms. The molecule has 0 amide bonds. The Kier molecular flexibility index (Phi) is 9.02. The molecule has 2 aromatic heterocycles. The Labute approximate surface area is 252 Å². The molecule has 2 aromatic carbocycles. The average Bonchev–Trinajstić information content (AvgIpc) is 3.00. The minimum Gasteiger partial charge on any atom is -0.363 e. The van der Waals surface area contributed by atoms with Gasteiger partial charge in [-0.3, -0.25) is 23.8 Å². The number of nitrogens with zero attached hydrogens (tertiary/aromatic N) is 5. The number of piperazine rings is 1. The van der Waals surface area contributed by atoms with Crippen molar-refractivity contribution in [2.75, 3.05) is 31.1 Å². The van der Waals surface area contributed by atoms with Crippen molar-refractivity contribution < 1.29 is 17.6 Å². The maximum absolute atomic E-state index is 14.9. The van der Waals surface area contributed by atoms with Gasteiger partial charge in [-0.25, -0.2) is 9.18 Å². The largest absolute Gasteiger partial charge is 0.416 e. The lowest BCUT2D eigenvalue weighted by atomic mass is 10.1. The van der Waals surface area contributed by atoms with E-state index in [0.717, 1.165) is 38.6 Å². The maximum Gasteiger partial charge on any atom is 0.416 e. The van der Waals surface area contributed by atoms with E-state index in [4.69, 9.17) is 5.73 Å². The van der Waals surface area contributed by atoms with Crippen molar-refractivity contribution in [1.82, 2.24) is 19.0 Å². The van der Waals surface area contributed by atoms with Crippen molar-refractivity contribution in [3.63, 3.8) is 0 Å². The van der Waals surface area contributed by atoms with Crippen LogP contribution in [0.2, 0.25) is 0 Å². The van der Waals surface area contributed by atoms with E-state index in [1.165, 1.54) is 6.92 Å². The molecule has 8 nitrogen and oxygen atoms in total. The summed E-state index contributed by atoms with van der Waals surface area (Å²) in [6, 6.07) is 14.7. The Hall–Kier alpha value is -4.29. The third-order valence-electron chi connectivity index (χ3n) is 8.20. The molecule has 3 heterocycles. The van der Waals surface area contributed by atoms with Crippen LogP contribution in [-0.2, 0) is 25.8 Å². The fourth-order valence-corrected chi connectivity index (χ4v) is 5.70. The first-order valence-corrected chi connectivity index (χ1v) is 14.3. The SMILES string of the molecule is Cc1ncccc1CN1CCN(c2c(C)n(Cc3c(F)cccc3C(F)(F)F)c(=O)n(C[C@H](N)c3ccccc3)c2=O)CC1. The van der Waals surface area contributed by atoms with Gasteiger partial charge in [-0.2, -0.15) is 13.2 Å². The summed E-state index contributed by atoms with van der Waals surface area (Å²) >= 11 is 0. The zero-order valence-corrected chi connectivity index (χ0v) is 24.5. The summed E-state index contributed by atoms with van der Waals surface area (Å²) in [5.74, 6) is -1.09. The molecule has 5 rings (SSSR count). The number of anilines is 1. The van der Waals surface area contributed by atoms with Crippen LogP contribution >= 0.6 is 0 Å². The van der Waals surface area contributed by atoms with E-state index >= 15 is 0 Å². The van der Waals surface area contributed by atoms with Crippen molar-refractivity contribution in [2.24, 2.45) is 5.73 Å². The zero-order chi connectivity index (χ0) is 31.6. The van der Waals surface area contributed by atoms with E-state index in [1.54, 1.807) is 36.5 Å². The Morgan fingerprint density at radius 3 is 2.25 bits per heavy atom. The molecule has 1 saturated heterocycles. The smallest absolute Gasteiger partial charge is 0.363 e. The standard InChI is InChI=1S/C32H34F4N6O2/c1-21-24(10-7-13-38-21)18-39-14-16-40(17-15-39)29-22(2)41(19-25-26(32(34,35)36)11-6-12-27(25)33)31(44)42(30(29)43)20-28(37)23-8-4-3-5-9-23/h3-13,28H,14-20,37H2,1-2H3/t28-/m0/s1. The van der Waals surface area contributed by atoms with Gasteiger partial charge >= 0.3 is 11.9 Å². The monoisotopic (exact) mass is 610 g/mol. The van der Waals surface area contributed by atoms with Gasteiger partial charge in [-0.05, 0) is 43.2 Å². The van der Waals surface area contributed by atoms with Crippen LogP contribution in [0.5, 0.6) is 0 Å². The molecule has 44 heavy (non-hydrogen) atoms. The summed E-state index contributed by atoms with van der Waals surface area (Å²) in [6.45, 7) is 5.29. The predicted molar refractivity (Wildman–Crippen MR) is 160 cm³/mol. The van der Waals surface area contributed by atoms with E-state index in [0.29, 0.717) is 38.3 Å². The first-order valence-electron chi connectivity index (χ1n) is 14.3. The lowest BCUT2D eigenvalue weighted by Crippen LogP contribution is -2.51. The number of nitrogens with two attached hydrogens (primary N) is 1. The van der Waals surface area contributed by atoms with Gasteiger partial charge in [0.1, 0.15) is 11.5 Å². The quantitative estimate of drug-likeness (QED) is 0.300. The molecule has 0 unspecified atom stereocenters. The Morgan fingerprint density at radius 2 is 1.59 bits per heavy atom. The molecule has 1 fully saturated rings. The summed E-state index contributed by atoms with van der Waals surface area (Å²) < 4.78 is 58.6. The second-order valence-electron chi connectivity index (χ2n) is 11.0. The number of hydrogen-bond donors (Lipinski definition) is 1. The molecule has 1 aliphatic heterocycles. The van der Waals surface area contributed by atoms with Crippen LogP contribution in [0.25, 0.3) is 0 Å². The van der Waals surface area contributed by atoms with Crippen LogP contribution in [0, 0.1) is 19.7 Å². The zero-order valence-electron chi connectivity index (χ0n) is 24.5. The summed E-state index contributed by atoms with van der Waals surface area (Å²) in [4.78, 5) is 36.2. The number of pyridine rings is 1. The maximum atomic E-state index is 14.9. The van der Waals surface area contributed by atoms with Crippen LogP contribution < -0.4 is 21.9 Å². The number of aryl methyl sites for hydroxylation is 1. The highest BCUT2D eigenvalue weighted by atomic mass is 19.4. The van der Waals surface area contributed by atoms with Gasteiger partial charge in [0.15, 0.2) is 0 Å². The summed E-state index contributed by atoms with van der Waals surface area (Å²) in [5, 5.41) is 0. The Morgan fingerprint density at radius 1 is 0.886 bits per heavy atom. The van der Waals surface area contributed by atoms with E-state index < -0.39 is 47.0 Å². The minimum absolute atomic E-state index is 0.164. The molecule has 1 atom stereocenters. The van der Waals surface area contributed by atoms with Crippen LogP contribution in [-0.4, -0.2) is 45.2 Å². The molecular formula is C32H34F4N6O2. The van der Waals surface area contributed by atoms with E-state index in [1.807, 2.05) is 24.0 Å². The highest BCUT2D eigenvalue weighted by Crippen LogP contribution is 2.33. The fraction of sp³-hybridized carbons (Fsp3) is 0.344. The van der Waals surface area contributed by atoms with Crippen LogP contribution in [0.3, 0.4) is 0 Å². The van der Waals surface area contributed by atoms with Crippen LogP contribution in [0.15, 0.2) is 76.4 Å². The van der Waals surface area contributed by atoms with E-state index in [9.17, 15) is 27.2 Å². The summed E-state index contributed by atoms with van der Waals surface area (Å²) in [6.07, 6.45) is -3.10. The third-order valence-corrected chi connectivity index (χ3v) is 8.20. The predicted octanol–water partition coefficient (Wildman–Crippen LogP) is 4.25. The Bertz CT molecular complexity index is 1740. The minimum atomic E-state index is -4.84. The summed E-state index contributed by atoms with van der Waals surface area (Å²) in [5.41, 5.74) is 6.16. The van der Waals surface area contributed by atoms with Crippen LogP contribution in [0.1, 0.15) is 39.7 Å². The van der Waals surface area contributed by atoms with Gasteiger partial charge in [-0.1, -0.05) is 42.5 Å². The number of aromatic nitrogens is 3. The molecule has 0 saturated carbocycles. The Balaban J connectivity index is 1.54. The van der Waals surface area contributed by atoms with E-state index in [-0.39, 0.29) is 17.9 Å². The number of benzene rings is 2. The number of rotatable bonds is 8. The molecule has 0 radical (unpaired) electrons. The second kappa shape index (κ2) is 12.7. The molecular weight excluding hydrogens is 576 g/mol. The second-order valence-corrected chi connectivity index (χ2v) is 11.0. The third kappa shape index (κ3) is 6.46. The number of alkyl halides is 3. The first-order chi connectivity index (χ1) is 21.0. The molecule has 232 valence electrons. The molecule has 1 aliphatic rings. The number of hydrogen-bond acceptors (Lipinski definition) is 6. The van der Waals surface area contributed by atoms with Gasteiger partial charge in [-0.15, -0.1) is 0 Å². The lowest BCUT2D eigenvalue weighted by molar-refractivity contribution is -0.138. The van der Waals surface area contributed by atoms with Gasteiger partial charge in [0, 0.05) is 61.9 Å². The first kappa shape index (κ1) is 31.1. The summed E-state index contributed by atoms with van der Waals surface area (Å²) in [7, 11) is 0. The van der Waals surface area contributed by atoms with Gasteiger partial charge in [0.2, 0.25) is 0 Å². The molecule has 2 N–H and O–H groups in total. The van der Waals surface area contributed by atoms with Crippen molar-refractivity contribution in [1.29, 1.82) is 0 Å². The van der Waals surface area contributed by atoms with Crippen molar-refractivity contribution in [2.45, 2.75) is 45.7 Å². The average molecular weight is 611 g/mol. The van der Waals surface area contributed by atoms with Crippen molar-refractivity contribution in [3.8, 4) is 0 Å². The number of halogens is 4. The fourth-order valence-electron chi connectivity index (χ4n) is 5.70. The van der Waals surface area contributed by atoms with Gasteiger partial charge in [0.05, 0.1) is 18.7 Å². The topological polar surface area (TPSA) is 89.4 Å². The van der Waals surface area contributed by atoms with Crippen molar-refractivity contribution >= 4 is 5.69 Å². The molecule has 4 aromatic rings.